The Morgan fingerprint density at radius 3 is 2.81 bits per heavy atom. The summed E-state index contributed by atoms with van der Waals surface area (Å²) in [6.45, 7) is 2.07. The summed E-state index contributed by atoms with van der Waals surface area (Å²) < 4.78 is 2.12. The first kappa shape index (κ1) is 9.40. The minimum Gasteiger partial charge on any atom is -0.343 e. The Morgan fingerprint density at radius 1 is 1.25 bits per heavy atom. The molecule has 1 aromatic heterocycles. The van der Waals surface area contributed by atoms with E-state index in [1.807, 2.05) is 31.3 Å². The molecule has 1 aliphatic carbocycles. The zero-order chi connectivity index (χ0) is 11.3. The van der Waals surface area contributed by atoms with Crippen molar-refractivity contribution in [1.82, 2.24) is 4.57 Å². The van der Waals surface area contributed by atoms with E-state index in [2.05, 4.69) is 17.6 Å². The maximum atomic E-state index is 12.0. The Bertz CT molecular complexity index is 631. The summed E-state index contributed by atoms with van der Waals surface area (Å²) in [6.07, 6.45) is 2.55. The summed E-state index contributed by atoms with van der Waals surface area (Å²) in [4.78, 5) is 12.0. The highest BCUT2D eigenvalue weighted by Gasteiger charge is 2.23. The third-order valence-electron chi connectivity index (χ3n) is 3.35. The van der Waals surface area contributed by atoms with Gasteiger partial charge in [-0.1, -0.05) is 24.3 Å². The smallest absolute Gasteiger partial charge is 0.169 e. The second-order valence-electron chi connectivity index (χ2n) is 4.31. The molecule has 0 bridgehead atoms. The number of aryl methyl sites for hydroxylation is 1. The molecule has 0 spiro atoms. The lowest BCUT2D eigenvalue weighted by atomic mass is 9.95. The summed E-state index contributed by atoms with van der Waals surface area (Å²) in [5.74, 6) is 0.234. The lowest BCUT2D eigenvalue weighted by Gasteiger charge is -2.11. The van der Waals surface area contributed by atoms with Crippen LogP contribution in [0.2, 0.25) is 0 Å². The van der Waals surface area contributed by atoms with E-state index < -0.39 is 0 Å². The van der Waals surface area contributed by atoms with Gasteiger partial charge in [0, 0.05) is 24.4 Å². The number of carbonyl (C=O) groups excluding carboxylic acids is 1. The molecule has 0 N–H and O–H groups in total. The highest BCUT2D eigenvalue weighted by molar-refractivity contribution is 6.14. The quantitative estimate of drug-likeness (QED) is 0.656. The van der Waals surface area contributed by atoms with Crippen molar-refractivity contribution >= 4 is 22.3 Å². The normalized spacial score (nSPS) is 15.1. The molecule has 0 saturated heterocycles. The molecule has 0 atom stereocenters. The van der Waals surface area contributed by atoms with Crippen LogP contribution in [0.3, 0.4) is 0 Å². The topological polar surface area (TPSA) is 22.0 Å². The van der Waals surface area contributed by atoms with Gasteiger partial charge in [-0.25, -0.2) is 0 Å². The van der Waals surface area contributed by atoms with Crippen LogP contribution in [0.5, 0.6) is 0 Å². The summed E-state index contributed by atoms with van der Waals surface area (Å²) in [7, 11) is 2.02. The highest BCUT2D eigenvalue weighted by atomic mass is 16.1. The van der Waals surface area contributed by atoms with Crippen LogP contribution >= 0.6 is 0 Å². The molecule has 2 aromatic rings. The second kappa shape index (κ2) is 3.08. The van der Waals surface area contributed by atoms with Crippen LogP contribution in [0.4, 0.5) is 0 Å². The Balaban J connectivity index is 2.52. The number of hydrogen-bond acceptors (Lipinski definition) is 1. The zero-order valence-electron chi connectivity index (χ0n) is 9.45. The molecule has 1 aliphatic rings. The first-order chi connectivity index (χ1) is 7.70. The maximum Gasteiger partial charge on any atom is 0.169 e. The third kappa shape index (κ3) is 1.04. The fourth-order valence-electron chi connectivity index (χ4n) is 2.58. The van der Waals surface area contributed by atoms with Crippen LogP contribution in [0.15, 0.2) is 30.3 Å². The van der Waals surface area contributed by atoms with Crippen LogP contribution in [-0.4, -0.2) is 10.4 Å². The number of hydrogen-bond donors (Lipinski definition) is 0. The van der Waals surface area contributed by atoms with Gasteiger partial charge in [-0.05, 0) is 18.6 Å². The fraction of sp³-hybridized carbons (Fsp3) is 0.214. The maximum absolute atomic E-state index is 12.0. The van der Waals surface area contributed by atoms with Gasteiger partial charge in [-0.15, -0.1) is 0 Å². The number of carbonyl (C=O) groups is 1. The molecule has 16 heavy (non-hydrogen) atoms. The van der Waals surface area contributed by atoms with Crippen molar-refractivity contribution in [2.75, 3.05) is 0 Å². The van der Waals surface area contributed by atoms with Gasteiger partial charge < -0.3 is 4.57 Å². The summed E-state index contributed by atoms with van der Waals surface area (Å²) >= 11 is 0. The third-order valence-corrected chi connectivity index (χ3v) is 3.35. The predicted octanol–water partition coefficient (Wildman–Crippen LogP) is 3.17. The number of allylic oxidation sites excluding steroid dienone is 2. The van der Waals surface area contributed by atoms with Gasteiger partial charge >= 0.3 is 0 Å². The lowest BCUT2D eigenvalue weighted by Crippen LogP contribution is -2.07. The highest BCUT2D eigenvalue weighted by Crippen LogP contribution is 2.34. The number of fused-ring (bicyclic) bond motifs is 3. The van der Waals surface area contributed by atoms with E-state index in [0.717, 1.165) is 22.2 Å². The zero-order valence-corrected chi connectivity index (χ0v) is 9.45. The Hall–Kier alpha value is -1.83. The minimum atomic E-state index is 0.234. The van der Waals surface area contributed by atoms with Crippen molar-refractivity contribution in [2.45, 2.75) is 13.3 Å². The molecular formula is C14H13NO. The van der Waals surface area contributed by atoms with E-state index in [-0.39, 0.29) is 5.78 Å². The van der Waals surface area contributed by atoms with Crippen LogP contribution < -0.4 is 0 Å². The molecule has 1 heterocycles. The molecule has 2 heteroatoms. The van der Waals surface area contributed by atoms with Crippen molar-refractivity contribution in [1.29, 1.82) is 0 Å². The number of benzene rings is 1. The SMILES string of the molecule is CC1=CCC(=O)c2c1n(C)c1ccccc21. The Morgan fingerprint density at radius 2 is 2.00 bits per heavy atom. The molecule has 1 aromatic carbocycles. The molecule has 0 unspecified atom stereocenters. The van der Waals surface area contributed by atoms with Gasteiger partial charge in [0.2, 0.25) is 0 Å². The van der Waals surface area contributed by atoms with Crippen molar-refractivity contribution in [3.8, 4) is 0 Å². The predicted molar refractivity (Wildman–Crippen MR) is 65.5 cm³/mol. The van der Waals surface area contributed by atoms with E-state index in [0.29, 0.717) is 6.42 Å². The molecule has 3 rings (SSSR count). The first-order valence-electron chi connectivity index (χ1n) is 5.48. The number of nitrogens with zero attached hydrogens (tertiary/aromatic N) is 1. The van der Waals surface area contributed by atoms with Gasteiger partial charge in [-0.3, -0.25) is 4.79 Å². The first-order valence-corrected chi connectivity index (χ1v) is 5.48. The van der Waals surface area contributed by atoms with Crippen molar-refractivity contribution in [3.63, 3.8) is 0 Å². The van der Waals surface area contributed by atoms with Crippen molar-refractivity contribution < 1.29 is 4.79 Å². The average molecular weight is 211 g/mol. The number of Topliss-reactive ketones (excluding diaryl/α,β-unsaturated/α-hetero) is 1. The number of aromatic nitrogens is 1. The van der Waals surface area contributed by atoms with E-state index in [4.69, 9.17) is 0 Å². The summed E-state index contributed by atoms with van der Waals surface area (Å²) in [5.41, 5.74) is 4.32. The molecule has 80 valence electrons. The van der Waals surface area contributed by atoms with Crippen LogP contribution in [-0.2, 0) is 7.05 Å². The van der Waals surface area contributed by atoms with Crippen LogP contribution in [0, 0.1) is 0 Å². The fourth-order valence-corrected chi connectivity index (χ4v) is 2.58. The number of ketones is 1. The molecule has 2 nitrogen and oxygen atoms in total. The molecule has 0 amide bonds. The van der Waals surface area contributed by atoms with E-state index in [9.17, 15) is 4.79 Å². The van der Waals surface area contributed by atoms with Gasteiger partial charge in [0.15, 0.2) is 5.78 Å². The molecular weight excluding hydrogens is 198 g/mol. The molecule has 0 radical (unpaired) electrons. The largest absolute Gasteiger partial charge is 0.343 e. The number of rotatable bonds is 0. The van der Waals surface area contributed by atoms with Crippen molar-refractivity contribution in [3.05, 3.63) is 41.6 Å². The lowest BCUT2D eigenvalue weighted by molar-refractivity contribution is 0.0995. The number of para-hydroxylation sites is 1. The van der Waals surface area contributed by atoms with Gasteiger partial charge in [0.1, 0.15) is 0 Å². The van der Waals surface area contributed by atoms with E-state index in [1.165, 1.54) is 5.57 Å². The van der Waals surface area contributed by atoms with E-state index in [1.54, 1.807) is 0 Å². The van der Waals surface area contributed by atoms with E-state index >= 15 is 0 Å². The Labute approximate surface area is 94.2 Å². The second-order valence-corrected chi connectivity index (χ2v) is 4.31. The molecule has 0 fully saturated rings. The standard InChI is InChI=1S/C14H13NO/c1-9-7-8-12(16)13-10-5-3-4-6-11(10)15(2)14(9)13/h3-7H,8H2,1-2H3. The monoisotopic (exact) mass is 211 g/mol. The molecule has 0 aliphatic heterocycles. The van der Waals surface area contributed by atoms with Crippen LogP contribution in [0.1, 0.15) is 29.4 Å². The summed E-state index contributed by atoms with van der Waals surface area (Å²) in [5, 5.41) is 1.08. The van der Waals surface area contributed by atoms with Gasteiger partial charge in [-0.2, -0.15) is 0 Å². The van der Waals surface area contributed by atoms with Gasteiger partial charge in [0.05, 0.1) is 11.3 Å². The minimum absolute atomic E-state index is 0.234. The average Bonchev–Trinajstić information content (AvgIpc) is 2.60. The van der Waals surface area contributed by atoms with Gasteiger partial charge in [0.25, 0.3) is 0 Å². The summed E-state index contributed by atoms with van der Waals surface area (Å²) in [6, 6.07) is 8.10. The molecule has 0 saturated carbocycles. The van der Waals surface area contributed by atoms with Crippen molar-refractivity contribution in [2.24, 2.45) is 7.05 Å². The van der Waals surface area contributed by atoms with Crippen LogP contribution in [0.25, 0.3) is 16.5 Å². The Kier molecular flexibility index (Phi) is 1.81.